The lowest BCUT2D eigenvalue weighted by molar-refractivity contribution is -0.384. The van der Waals surface area contributed by atoms with Gasteiger partial charge in [-0.15, -0.1) is 0 Å². The van der Waals surface area contributed by atoms with Gasteiger partial charge in [0.1, 0.15) is 11.7 Å². The summed E-state index contributed by atoms with van der Waals surface area (Å²) in [6.45, 7) is 5.63. The van der Waals surface area contributed by atoms with Crippen molar-refractivity contribution >= 4 is 23.4 Å². The molecule has 9 heteroatoms. The predicted molar refractivity (Wildman–Crippen MR) is 116 cm³/mol. The number of benzene rings is 2. The second kappa shape index (κ2) is 10.0. The van der Waals surface area contributed by atoms with E-state index in [0.29, 0.717) is 32.8 Å². The zero-order valence-electron chi connectivity index (χ0n) is 17.6. The van der Waals surface area contributed by atoms with Crippen molar-refractivity contribution in [3.05, 3.63) is 69.8 Å². The summed E-state index contributed by atoms with van der Waals surface area (Å²) in [4.78, 5) is 39.8. The first-order valence-corrected chi connectivity index (χ1v) is 10.2. The molecule has 0 spiro atoms. The number of nitro benzene ring substituents is 1. The standard InChI is InChI=1S/C22H26N4O5/c1-3-31-22(28)25-13-11-24(12-14-25)20(17-7-5-4-6-8-17)21(27)23-18-10-9-16(2)15-19(18)26(29)30/h4-10,15,20H,3,11-14H2,1-2H3,(H,23,27). The van der Waals surface area contributed by atoms with Gasteiger partial charge in [-0.1, -0.05) is 36.4 Å². The topological polar surface area (TPSA) is 105 Å². The molecule has 0 radical (unpaired) electrons. The highest BCUT2D eigenvalue weighted by atomic mass is 16.6. The van der Waals surface area contributed by atoms with Gasteiger partial charge in [0.2, 0.25) is 5.91 Å². The number of ether oxygens (including phenoxy) is 1. The summed E-state index contributed by atoms with van der Waals surface area (Å²) in [6.07, 6.45) is -0.363. The third kappa shape index (κ3) is 5.37. The lowest BCUT2D eigenvalue weighted by atomic mass is 10.0. The normalized spacial score (nSPS) is 15.2. The fourth-order valence-corrected chi connectivity index (χ4v) is 3.64. The second-order valence-corrected chi connectivity index (χ2v) is 7.30. The summed E-state index contributed by atoms with van der Waals surface area (Å²) in [5.74, 6) is -0.359. The third-order valence-corrected chi connectivity index (χ3v) is 5.18. The van der Waals surface area contributed by atoms with Gasteiger partial charge in [-0.05, 0) is 31.0 Å². The Hall–Kier alpha value is -3.46. The van der Waals surface area contributed by atoms with Gasteiger partial charge in [0.25, 0.3) is 5.69 Å². The molecule has 1 N–H and O–H groups in total. The maximum absolute atomic E-state index is 13.3. The molecule has 1 fully saturated rings. The van der Waals surface area contributed by atoms with Crippen molar-refractivity contribution in [2.24, 2.45) is 0 Å². The van der Waals surface area contributed by atoms with Gasteiger partial charge < -0.3 is 15.0 Å². The predicted octanol–water partition coefficient (Wildman–Crippen LogP) is 3.36. The molecule has 1 atom stereocenters. The van der Waals surface area contributed by atoms with Gasteiger partial charge in [-0.25, -0.2) is 4.79 Å². The van der Waals surface area contributed by atoms with E-state index >= 15 is 0 Å². The number of hydrogen-bond acceptors (Lipinski definition) is 6. The number of piperazine rings is 1. The number of nitro groups is 1. The Balaban J connectivity index is 1.82. The van der Waals surface area contributed by atoms with Crippen LogP contribution in [0.1, 0.15) is 24.1 Å². The maximum atomic E-state index is 13.3. The Bertz CT molecular complexity index is 942. The van der Waals surface area contributed by atoms with Crippen molar-refractivity contribution in [2.45, 2.75) is 19.9 Å². The van der Waals surface area contributed by atoms with Crippen LogP contribution in [-0.4, -0.2) is 59.5 Å². The summed E-state index contributed by atoms with van der Waals surface area (Å²) in [5, 5.41) is 14.2. The van der Waals surface area contributed by atoms with Crippen molar-refractivity contribution in [1.82, 2.24) is 9.80 Å². The van der Waals surface area contributed by atoms with Crippen LogP contribution in [0.4, 0.5) is 16.2 Å². The Morgan fingerprint density at radius 3 is 2.42 bits per heavy atom. The second-order valence-electron chi connectivity index (χ2n) is 7.30. The summed E-state index contributed by atoms with van der Waals surface area (Å²) in [7, 11) is 0. The van der Waals surface area contributed by atoms with E-state index < -0.39 is 11.0 Å². The molecule has 1 aliphatic rings. The van der Waals surface area contributed by atoms with Gasteiger partial charge in [0.15, 0.2) is 0 Å². The van der Waals surface area contributed by atoms with Crippen LogP contribution in [0.3, 0.4) is 0 Å². The van der Waals surface area contributed by atoms with E-state index in [1.165, 1.54) is 6.07 Å². The quantitative estimate of drug-likeness (QED) is 0.561. The highest BCUT2D eigenvalue weighted by molar-refractivity contribution is 5.97. The number of carbonyl (C=O) groups excluding carboxylic acids is 2. The van der Waals surface area contributed by atoms with E-state index in [1.807, 2.05) is 35.2 Å². The minimum atomic E-state index is -0.647. The molecule has 2 aromatic carbocycles. The third-order valence-electron chi connectivity index (χ3n) is 5.18. The van der Waals surface area contributed by atoms with Crippen LogP contribution in [0.15, 0.2) is 48.5 Å². The number of hydrogen-bond donors (Lipinski definition) is 1. The van der Waals surface area contributed by atoms with E-state index in [9.17, 15) is 19.7 Å². The molecular formula is C22H26N4O5. The molecule has 3 rings (SSSR count). The van der Waals surface area contributed by atoms with E-state index in [1.54, 1.807) is 30.9 Å². The van der Waals surface area contributed by atoms with E-state index in [4.69, 9.17) is 4.74 Å². The first-order valence-electron chi connectivity index (χ1n) is 10.2. The van der Waals surface area contributed by atoms with E-state index in [0.717, 1.165) is 11.1 Å². The minimum absolute atomic E-state index is 0.146. The number of nitrogens with zero attached hydrogens (tertiary/aromatic N) is 3. The Morgan fingerprint density at radius 1 is 1.13 bits per heavy atom. The highest BCUT2D eigenvalue weighted by Crippen LogP contribution is 2.29. The lowest BCUT2D eigenvalue weighted by Gasteiger charge is -2.38. The first-order chi connectivity index (χ1) is 14.9. The number of amides is 2. The molecule has 2 aromatic rings. The summed E-state index contributed by atoms with van der Waals surface area (Å²) in [6, 6.07) is 13.3. The monoisotopic (exact) mass is 426 g/mol. The SMILES string of the molecule is CCOC(=O)N1CCN(C(C(=O)Nc2ccc(C)cc2[N+](=O)[O-])c2ccccc2)CC1. The van der Waals surface area contributed by atoms with Crippen LogP contribution in [0.2, 0.25) is 0 Å². The molecule has 9 nitrogen and oxygen atoms in total. The molecule has 164 valence electrons. The Kier molecular flexibility index (Phi) is 7.19. The van der Waals surface area contributed by atoms with Crippen LogP contribution in [0, 0.1) is 17.0 Å². The van der Waals surface area contributed by atoms with Crippen molar-refractivity contribution in [3.8, 4) is 0 Å². The molecule has 0 bridgehead atoms. The van der Waals surface area contributed by atoms with E-state index in [2.05, 4.69) is 5.32 Å². The van der Waals surface area contributed by atoms with Gasteiger partial charge in [0, 0.05) is 32.2 Å². The van der Waals surface area contributed by atoms with Crippen molar-refractivity contribution in [3.63, 3.8) is 0 Å². The average Bonchev–Trinajstić information content (AvgIpc) is 2.76. The summed E-state index contributed by atoms with van der Waals surface area (Å²) in [5.41, 5.74) is 1.53. The zero-order chi connectivity index (χ0) is 22.4. The van der Waals surface area contributed by atoms with Crippen LogP contribution < -0.4 is 5.32 Å². The zero-order valence-corrected chi connectivity index (χ0v) is 17.6. The number of anilines is 1. The number of rotatable bonds is 6. The maximum Gasteiger partial charge on any atom is 0.409 e. The molecule has 1 heterocycles. The first kappa shape index (κ1) is 22.2. The van der Waals surface area contributed by atoms with Crippen molar-refractivity contribution < 1.29 is 19.2 Å². The molecule has 0 aliphatic carbocycles. The number of carbonyl (C=O) groups is 2. The van der Waals surface area contributed by atoms with E-state index in [-0.39, 0.29) is 23.4 Å². The summed E-state index contributed by atoms with van der Waals surface area (Å²) < 4.78 is 5.06. The highest BCUT2D eigenvalue weighted by Gasteiger charge is 2.33. The minimum Gasteiger partial charge on any atom is -0.450 e. The van der Waals surface area contributed by atoms with Gasteiger partial charge >= 0.3 is 6.09 Å². The van der Waals surface area contributed by atoms with Crippen LogP contribution >= 0.6 is 0 Å². The molecule has 0 saturated carbocycles. The molecule has 1 unspecified atom stereocenters. The average molecular weight is 426 g/mol. The van der Waals surface area contributed by atoms with Gasteiger partial charge in [-0.2, -0.15) is 0 Å². The van der Waals surface area contributed by atoms with Crippen molar-refractivity contribution in [1.29, 1.82) is 0 Å². The van der Waals surface area contributed by atoms with Crippen LogP contribution in [0.5, 0.6) is 0 Å². The van der Waals surface area contributed by atoms with Crippen LogP contribution in [0.25, 0.3) is 0 Å². The van der Waals surface area contributed by atoms with Gasteiger partial charge in [0.05, 0.1) is 11.5 Å². The number of nitrogens with one attached hydrogen (secondary N) is 1. The molecule has 1 aliphatic heterocycles. The smallest absolute Gasteiger partial charge is 0.409 e. The Labute approximate surface area is 180 Å². The van der Waals surface area contributed by atoms with Crippen LogP contribution in [-0.2, 0) is 9.53 Å². The molecule has 1 saturated heterocycles. The fourth-order valence-electron chi connectivity index (χ4n) is 3.64. The lowest BCUT2D eigenvalue weighted by Crippen LogP contribution is -2.51. The molecule has 2 amide bonds. The molecular weight excluding hydrogens is 400 g/mol. The molecule has 0 aromatic heterocycles. The van der Waals surface area contributed by atoms with Gasteiger partial charge in [-0.3, -0.25) is 19.8 Å². The number of aryl methyl sites for hydroxylation is 1. The Morgan fingerprint density at radius 2 is 1.81 bits per heavy atom. The fraction of sp³-hybridized carbons (Fsp3) is 0.364. The molecule has 31 heavy (non-hydrogen) atoms. The largest absolute Gasteiger partial charge is 0.450 e. The van der Waals surface area contributed by atoms with Crippen molar-refractivity contribution in [2.75, 3.05) is 38.1 Å². The summed E-state index contributed by atoms with van der Waals surface area (Å²) >= 11 is 0.